The molecule has 8 nitrogen and oxygen atoms in total. The zero-order valence-corrected chi connectivity index (χ0v) is 11.6. The minimum absolute atomic E-state index is 0.00630. The highest BCUT2D eigenvalue weighted by Crippen LogP contribution is 2.31. The first-order valence-electron chi connectivity index (χ1n) is 6.38. The molecule has 3 aliphatic heterocycles. The van der Waals surface area contributed by atoms with Crippen LogP contribution in [0.1, 0.15) is 0 Å². The molecule has 0 bridgehead atoms. The van der Waals surface area contributed by atoms with Crippen molar-refractivity contribution < 1.29 is 9.59 Å². The Kier molecular flexibility index (Phi) is 2.88. The molecule has 19 heavy (non-hydrogen) atoms. The molecule has 3 rings (SSSR count). The molecule has 0 radical (unpaired) electrons. The lowest BCUT2D eigenvalue weighted by atomic mass is 10.2. The fourth-order valence-corrected chi connectivity index (χ4v) is 3.35. The van der Waals surface area contributed by atoms with Gasteiger partial charge < -0.3 is 4.90 Å². The topological polar surface area (TPSA) is 53.6 Å². The van der Waals surface area contributed by atoms with Crippen LogP contribution in [0.4, 0.5) is 4.79 Å². The summed E-state index contributed by atoms with van der Waals surface area (Å²) in [5.41, 5.74) is 0. The molecule has 8 heteroatoms. The van der Waals surface area contributed by atoms with Crippen molar-refractivity contribution in [3.63, 3.8) is 0 Å². The maximum atomic E-state index is 12.5. The van der Waals surface area contributed by atoms with Crippen molar-refractivity contribution in [3.05, 3.63) is 0 Å². The Morgan fingerprint density at radius 3 is 2.16 bits per heavy atom. The third-order valence-corrected chi connectivity index (χ3v) is 3.98. The fourth-order valence-electron chi connectivity index (χ4n) is 3.35. The van der Waals surface area contributed by atoms with Gasteiger partial charge in [0.1, 0.15) is 12.3 Å². The quantitative estimate of drug-likeness (QED) is 0.541. The number of amides is 3. The summed E-state index contributed by atoms with van der Waals surface area (Å²) in [6.45, 7) is 2.53. The number of hydrogen-bond acceptors (Lipinski definition) is 5. The van der Waals surface area contributed by atoms with Crippen molar-refractivity contribution in [1.82, 2.24) is 29.4 Å². The van der Waals surface area contributed by atoms with Crippen molar-refractivity contribution >= 4 is 12.4 Å². The van der Waals surface area contributed by atoms with Crippen LogP contribution in [0.25, 0.3) is 0 Å². The average Bonchev–Trinajstić information content (AvgIpc) is 2.63. The van der Waals surface area contributed by atoms with Gasteiger partial charge >= 0.3 is 6.03 Å². The zero-order valence-electron chi connectivity index (χ0n) is 11.6. The van der Waals surface area contributed by atoms with Crippen molar-refractivity contribution in [2.45, 2.75) is 12.3 Å². The van der Waals surface area contributed by atoms with Crippen LogP contribution >= 0.6 is 0 Å². The summed E-state index contributed by atoms with van der Waals surface area (Å²) in [6, 6.07) is 0.00630. The van der Waals surface area contributed by atoms with Gasteiger partial charge in [-0.05, 0) is 21.1 Å². The van der Waals surface area contributed by atoms with Crippen LogP contribution in [0.2, 0.25) is 0 Å². The van der Waals surface area contributed by atoms with E-state index in [1.165, 1.54) is 0 Å². The van der Waals surface area contributed by atoms with Gasteiger partial charge in [-0.3, -0.25) is 29.3 Å². The van der Waals surface area contributed by atoms with E-state index in [-0.39, 0.29) is 18.4 Å². The van der Waals surface area contributed by atoms with E-state index in [9.17, 15) is 9.59 Å². The lowest BCUT2D eigenvalue weighted by Crippen LogP contribution is -2.65. The summed E-state index contributed by atoms with van der Waals surface area (Å²) in [6.07, 6.45) is 0.610. The highest BCUT2D eigenvalue weighted by molar-refractivity contribution is 5.78. The summed E-state index contributed by atoms with van der Waals surface area (Å²) >= 11 is 0. The third-order valence-electron chi connectivity index (χ3n) is 3.98. The Morgan fingerprint density at radius 1 is 0.947 bits per heavy atom. The van der Waals surface area contributed by atoms with E-state index in [0.29, 0.717) is 20.0 Å². The minimum Gasteiger partial charge on any atom is -0.308 e. The summed E-state index contributed by atoms with van der Waals surface area (Å²) in [7, 11) is 5.89. The van der Waals surface area contributed by atoms with Crippen LogP contribution in [-0.4, -0.2) is 102 Å². The molecule has 0 aromatic rings. The first-order valence-corrected chi connectivity index (χ1v) is 6.38. The Bertz CT molecular complexity index is 405. The third kappa shape index (κ3) is 1.78. The van der Waals surface area contributed by atoms with Crippen molar-refractivity contribution in [2.75, 3.05) is 47.8 Å². The van der Waals surface area contributed by atoms with Crippen molar-refractivity contribution in [3.8, 4) is 0 Å². The number of urea groups is 1. The van der Waals surface area contributed by atoms with Gasteiger partial charge in [0, 0.05) is 0 Å². The lowest BCUT2D eigenvalue weighted by molar-refractivity contribution is -0.140. The van der Waals surface area contributed by atoms with E-state index < -0.39 is 0 Å². The SMILES string of the molecule is CN1CN(C)C2C3N(C=O)CN(C)CN3C(=O)N2C1. The molecule has 0 aliphatic carbocycles. The zero-order chi connectivity index (χ0) is 13.7. The van der Waals surface area contributed by atoms with Crippen molar-refractivity contribution in [1.29, 1.82) is 0 Å². The smallest absolute Gasteiger partial charge is 0.308 e. The van der Waals surface area contributed by atoms with Crippen LogP contribution < -0.4 is 0 Å². The highest BCUT2D eigenvalue weighted by Gasteiger charge is 2.54. The molecular weight excluding hydrogens is 248 g/mol. The van der Waals surface area contributed by atoms with Gasteiger partial charge in [0.05, 0.1) is 26.7 Å². The van der Waals surface area contributed by atoms with Gasteiger partial charge in [-0.1, -0.05) is 0 Å². The minimum atomic E-state index is -0.181. The first-order chi connectivity index (χ1) is 9.02. The second-order valence-corrected chi connectivity index (χ2v) is 5.70. The highest BCUT2D eigenvalue weighted by atomic mass is 16.2. The van der Waals surface area contributed by atoms with Crippen LogP contribution in [0.15, 0.2) is 0 Å². The molecule has 0 spiro atoms. The van der Waals surface area contributed by atoms with E-state index in [1.54, 1.807) is 9.80 Å². The predicted octanol–water partition coefficient (Wildman–Crippen LogP) is -1.51. The van der Waals surface area contributed by atoms with Crippen LogP contribution in [0.3, 0.4) is 0 Å². The molecule has 3 heterocycles. The summed E-state index contributed by atoms with van der Waals surface area (Å²) in [4.78, 5) is 35.3. The van der Waals surface area contributed by atoms with Gasteiger partial charge in [0.25, 0.3) is 0 Å². The molecule has 0 aromatic heterocycles. The largest absolute Gasteiger partial charge is 0.325 e. The van der Waals surface area contributed by atoms with Gasteiger partial charge in [-0.2, -0.15) is 0 Å². The Labute approximate surface area is 112 Å². The second-order valence-electron chi connectivity index (χ2n) is 5.70. The van der Waals surface area contributed by atoms with Gasteiger partial charge in [-0.25, -0.2) is 4.79 Å². The van der Waals surface area contributed by atoms with E-state index in [2.05, 4.69) is 9.80 Å². The molecule has 3 fully saturated rings. The number of carbonyl (C=O) groups excluding carboxylic acids is 2. The van der Waals surface area contributed by atoms with Gasteiger partial charge in [0.2, 0.25) is 6.41 Å². The lowest BCUT2D eigenvalue weighted by Gasteiger charge is -2.47. The van der Waals surface area contributed by atoms with E-state index in [4.69, 9.17) is 0 Å². The number of rotatable bonds is 1. The van der Waals surface area contributed by atoms with E-state index in [0.717, 1.165) is 13.1 Å². The van der Waals surface area contributed by atoms with Crippen molar-refractivity contribution in [2.24, 2.45) is 0 Å². The van der Waals surface area contributed by atoms with Gasteiger partial charge in [-0.15, -0.1) is 0 Å². The van der Waals surface area contributed by atoms with Crippen LogP contribution in [-0.2, 0) is 4.79 Å². The van der Waals surface area contributed by atoms with Crippen LogP contribution in [0.5, 0.6) is 0 Å². The molecule has 0 N–H and O–H groups in total. The molecule has 3 aliphatic rings. The standard InChI is InChI=1S/C11H20N6O2/c1-12-4-14(3)9-10-15(8-18)5-13(2)7-17(10)11(19)16(9)6-12/h8-10H,4-7H2,1-3H3. The molecule has 106 valence electrons. The summed E-state index contributed by atoms with van der Waals surface area (Å²) in [5.74, 6) is 0. The molecule has 2 atom stereocenters. The van der Waals surface area contributed by atoms with Gasteiger partial charge in [0.15, 0.2) is 0 Å². The fraction of sp³-hybridized carbons (Fsp3) is 0.818. The predicted molar refractivity (Wildman–Crippen MR) is 67.3 cm³/mol. The normalized spacial score (nSPS) is 33.6. The molecule has 3 saturated heterocycles. The maximum Gasteiger partial charge on any atom is 0.325 e. The van der Waals surface area contributed by atoms with E-state index in [1.807, 2.05) is 30.9 Å². The number of carbonyl (C=O) groups is 2. The Hall–Kier alpha value is -1.38. The number of nitrogens with zero attached hydrogens (tertiary/aromatic N) is 6. The molecule has 3 amide bonds. The Balaban J connectivity index is 1.94. The average molecular weight is 268 g/mol. The summed E-state index contributed by atoms with van der Waals surface area (Å²) in [5, 5.41) is 0. The number of hydrogen-bond donors (Lipinski definition) is 0. The van der Waals surface area contributed by atoms with E-state index >= 15 is 0 Å². The number of likely N-dealkylation sites (N-methyl/N-ethyl adjacent to an activating group) is 1. The molecule has 2 unspecified atom stereocenters. The molecular formula is C11H20N6O2. The number of fused-ring (bicyclic) bond motifs is 3. The monoisotopic (exact) mass is 268 g/mol. The van der Waals surface area contributed by atoms with Crippen LogP contribution in [0, 0.1) is 0 Å². The molecule has 0 saturated carbocycles. The first kappa shape index (κ1) is 12.6. The second kappa shape index (κ2) is 4.32. The summed E-state index contributed by atoms with van der Waals surface area (Å²) < 4.78 is 0. The molecule has 0 aromatic carbocycles. The maximum absolute atomic E-state index is 12.5. The Morgan fingerprint density at radius 2 is 1.53 bits per heavy atom.